The summed E-state index contributed by atoms with van der Waals surface area (Å²) in [4.78, 5) is 13.3. The molecule has 0 saturated heterocycles. The van der Waals surface area contributed by atoms with Crippen molar-refractivity contribution in [1.29, 1.82) is 0 Å². The van der Waals surface area contributed by atoms with E-state index < -0.39 is 6.10 Å². The van der Waals surface area contributed by atoms with Crippen molar-refractivity contribution >= 4 is 5.91 Å². The molecule has 5 nitrogen and oxygen atoms in total. The average Bonchev–Trinajstić information content (AvgIpc) is 2.65. The number of likely N-dealkylation sites (N-methyl/N-ethyl adjacent to an activating group) is 1. The van der Waals surface area contributed by atoms with Crippen LogP contribution in [0.3, 0.4) is 0 Å². The lowest BCUT2D eigenvalue weighted by molar-refractivity contribution is -0.140. The van der Waals surface area contributed by atoms with E-state index >= 15 is 0 Å². The first-order chi connectivity index (χ1) is 7.58. The summed E-state index contributed by atoms with van der Waals surface area (Å²) >= 11 is 0. The summed E-state index contributed by atoms with van der Waals surface area (Å²) in [5.41, 5.74) is 5.42. The quantitative estimate of drug-likeness (QED) is 0.794. The number of hydrogen-bond acceptors (Lipinski definition) is 4. The van der Waals surface area contributed by atoms with Crippen molar-refractivity contribution < 1.29 is 13.9 Å². The van der Waals surface area contributed by atoms with Gasteiger partial charge in [0.05, 0.1) is 6.54 Å². The maximum Gasteiger partial charge on any atom is 0.253 e. The molecule has 16 heavy (non-hydrogen) atoms. The summed E-state index contributed by atoms with van der Waals surface area (Å²) < 4.78 is 10.4. The van der Waals surface area contributed by atoms with E-state index in [9.17, 15) is 4.79 Å². The van der Waals surface area contributed by atoms with Gasteiger partial charge in [-0.25, -0.2) is 0 Å². The Morgan fingerprint density at radius 2 is 2.31 bits per heavy atom. The Morgan fingerprint density at radius 1 is 1.62 bits per heavy atom. The van der Waals surface area contributed by atoms with Gasteiger partial charge in [-0.3, -0.25) is 4.79 Å². The van der Waals surface area contributed by atoms with Gasteiger partial charge >= 0.3 is 0 Å². The Labute approximate surface area is 95.2 Å². The molecule has 1 atom stereocenters. The molecule has 1 heterocycles. The Kier molecular flexibility index (Phi) is 4.52. The molecule has 1 aromatic heterocycles. The summed E-state index contributed by atoms with van der Waals surface area (Å²) in [6.07, 6.45) is -0.582. The maximum absolute atomic E-state index is 11.8. The van der Waals surface area contributed by atoms with E-state index in [0.29, 0.717) is 6.54 Å². The fraction of sp³-hybridized carbons (Fsp3) is 0.545. The van der Waals surface area contributed by atoms with Gasteiger partial charge < -0.3 is 19.8 Å². The summed E-state index contributed by atoms with van der Waals surface area (Å²) in [7, 11) is 3.17. The van der Waals surface area contributed by atoms with Gasteiger partial charge in [0, 0.05) is 20.7 Å². The number of amides is 1. The van der Waals surface area contributed by atoms with E-state index in [1.54, 1.807) is 11.9 Å². The highest BCUT2D eigenvalue weighted by Gasteiger charge is 2.20. The highest BCUT2D eigenvalue weighted by molar-refractivity contribution is 5.80. The fourth-order valence-corrected chi connectivity index (χ4v) is 1.43. The zero-order valence-electron chi connectivity index (χ0n) is 9.90. The van der Waals surface area contributed by atoms with Crippen LogP contribution in [0.2, 0.25) is 0 Å². The number of furan rings is 1. The Balaban J connectivity index is 2.57. The van der Waals surface area contributed by atoms with Crippen molar-refractivity contribution in [3.8, 4) is 0 Å². The monoisotopic (exact) mass is 226 g/mol. The molecule has 0 radical (unpaired) electrons. The molecular formula is C11H18N2O3. The minimum Gasteiger partial charge on any atom is -0.464 e. The van der Waals surface area contributed by atoms with Gasteiger partial charge in [-0.05, 0) is 19.1 Å². The number of aryl methyl sites for hydroxylation is 1. The van der Waals surface area contributed by atoms with E-state index in [2.05, 4.69) is 0 Å². The normalized spacial score (nSPS) is 12.5. The first kappa shape index (κ1) is 12.7. The van der Waals surface area contributed by atoms with E-state index in [1.807, 2.05) is 19.1 Å². The molecule has 0 saturated carbocycles. The van der Waals surface area contributed by atoms with Crippen LogP contribution < -0.4 is 5.73 Å². The lowest BCUT2D eigenvalue weighted by Crippen LogP contribution is -2.41. The maximum atomic E-state index is 11.8. The zero-order valence-corrected chi connectivity index (χ0v) is 9.90. The number of carbonyl (C=O) groups is 1. The smallest absolute Gasteiger partial charge is 0.253 e. The molecule has 1 unspecified atom stereocenters. The predicted octanol–water partition coefficient (Wildman–Crippen LogP) is 0.520. The first-order valence-electron chi connectivity index (χ1n) is 5.11. The molecule has 0 spiro atoms. The molecule has 0 aliphatic heterocycles. The molecule has 1 aromatic rings. The minimum absolute atomic E-state index is 0.140. The second-order valence-corrected chi connectivity index (χ2v) is 3.67. The van der Waals surface area contributed by atoms with Crippen LogP contribution in [-0.4, -0.2) is 37.6 Å². The van der Waals surface area contributed by atoms with E-state index in [-0.39, 0.29) is 12.5 Å². The van der Waals surface area contributed by atoms with Crippen molar-refractivity contribution in [2.45, 2.75) is 19.6 Å². The summed E-state index contributed by atoms with van der Waals surface area (Å²) in [6, 6.07) is 3.72. The highest BCUT2D eigenvalue weighted by Crippen LogP contribution is 2.09. The second-order valence-electron chi connectivity index (χ2n) is 3.67. The van der Waals surface area contributed by atoms with Crippen LogP contribution in [0, 0.1) is 6.92 Å². The van der Waals surface area contributed by atoms with Crippen LogP contribution in [0.25, 0.3) is 0 Å². The average molecular weight is 226 g/mol. The first-order valence-corrected chi connectivity index (χ1v) is 5.11. The van der Waals surface area contributed by atoms with Crippen LogP contribution in [0.1, 0.15) is 11.5 Å². The molecule has 0 aliphatic rings. The van der Waals surface area contributed by atoms with E-state index in [0.717, 1.165) is 11.5 Å². The minimum atomic E-state index is -0.582. The van der Waals surface area contributed by atoms with Gasteiger partial charge in [0.2, 0.25) is 0 Å². The number of ether oxygens (including phenoxy) is 1. The zero-order chi connectivity index (χ0) is 12.1. The number of carbonyl (C=O) groups excluding carboxylic acids is 1. The van der Waals surface area contributed by atoms with Gasteiger partial charge in [0.15, 0.2) is 0 Å². The Hall–Kier alpha value is -1.33. The molecule has 0 aromatic carbocycles. The summed E-state index contributed by atoms with van der Waals surface area (Å²) in [6.45, 7) is 2.46. The number of methoxy groups -OCH3 is 1. The lowest BCUT2D eigenvalue weighted by Gasteiger charge is -2.20. The third kappa shape index (κ3) is 3.08. The SMILES string of the molecule is COC(CN)C(=O)N(C)Cc1ccc(C)o1. The third-order valence-electron chi connectivity index (χ3n) is 2.34. The largest absolute Gasteiger partial charge is 0.464 e. The van der Waals surface area contributed by atoms with Crippen molar-refractivity contribution in [2.75, 3.05) is 20.7 Å². The van der Waals surface area contributed by atoms with Crippen molar-refractivity contribution in [3.63, 3.8) is 0 Å². The molecule has 0 bridgehead atoms. The molecule has 0 aliphatic carbocycles. The molecule has 90 valence electrons. The number of nitrogens with zero attached hydrogens (tertiary/aromatic N) is 1. The van der Waals surface area contributed by atoms with Crippen molar-refractivity contribution in [1.82, 2.24) is 4.90 Å². The highest BCUT2D eigenvalue weighted by atomic mass is 16.5. The molecule has 2 N–H and O–H groups in total. The topological polar surface area (TPSA) is 68.7 Å². The number of rotatable bonds is 5. The molecule has 0 fully saturated rings. The summed E-state index contributed by atoms with van der Waals surface area (Å²) in [5.74, 6) is 1.44. The molecule has 5 heteroatoms. The van der Waals surface area contributed by atoms with Crippen LogP contribution >= 0.6 is 0 Å². The van der Waals surface area contributed by atoms with Crippen molar-refractivity contribution in [3.05, 3.63) is 23.7 Å². The van der Waals surface area contributed by atoms with Gasteiger partial charge in [-0.2, -0.15) is 0 Å². The Bertz CT molecular complexity index is 345. The van der Waals surface area contributed by atoms with Crippen LogP contribution in [0.4, 0.5) is 0 Å². The van der Waals surface area contributed by atoms with Gasteiger partial charge in [0.1, 0.15) is 17.6 Å². The van der Waals surface area contributed by atoms with Gasteiger partial charge in [-0.1, -0.05) is 0 Å². The number of nitrogens with two attached hydrogens (primary N) is 1. The predicted molar refractivity (Wildman–Crippen MR) is 59.8 cm³/mol. The Morgan fingerprint density at radius 3 is 2.75 bits per heavy atom. The second kappa shape index (κ2) is 5.67. The van der Waals surface area contributed by atoms with E-state index in [4.69, 9.17) is 14.9 Å². The lowest BCUT2D eigenvalue weighted by atomic mass is 10.3. The standard InChI is InChI=1S/C11H18N2O3/c1-8-4-5-9(16-8)7-13(2)11(14)10(6-12)15-3/h4-5,10H,6-7,12H2,1-3H3. The molecular weight excluding hydrogens is 208 g/mol. The van der Waals surface area contributed by atoms with E-state index in [1.165, 1.54) is 7.11 Å². The molecule has 1 amide bonds. The third-order valence-corrected chi connectivity index (χ3v) is 2.34. The van der Waals surface area contributed by atoms with Crippen LogP contribution in [-0.2, 0) is 16.1 Å². The van der Waals surface area contributed by atoms with Gasteiger partial charge in [0.25, 0.3) is 5.91 Å². The fourth-order valence-electron chi connectivity index (χ4n) is 1.43. The number of hydrogen-bond donors (Lipinski definition) is 1. The van der Waals surface area contributed by atoms with Crippen molar-refractivity contribution in [2.24, 2.45) is 5.73 Å². The van der Waals surface area contributed by atoms with Gasteiger partial charge in [-0.15, -0.1) is 0 Å². The summed E-state index contributed by atoms with van der Waals surface area (Å²) in [5, 5.41) is 0. The van der Waals surface area contributed by atoms with Crippen LogP contribution in [0.15, 0.2) is 16.5 Å². The molecule has 1 rings (SSSR count). The van der Waals surface area contributed by atoms with Crippen LogP contribution in [0.5, 0.6) is 0 Å².